The van der Waals surface area contributed by atoms with Crippen LogP contribution in [0.2, 0.25) is 10.0 Å². The van der Waals surface area contributed by atoms with Gasteiger partial charge in [-0.3, -0.25) is 4.79 Å². The van der Waals surface area contributed by atoms with Crippen LogP contribution in [0.4, 0.5) is 0 Å². The highest BCUT2D eigenvalue weighted by molar-refractivity contribution is 6.34. The Morgan fingerprint density at radius 1 is 1.16 bits per heavy atom. The number of nitrogens with zero attached hydrogens (tertiary/aromatic N) is 1. The average molecular weight is 461 g/mol. The van der Waals surface area contributed by atoms with E-state index < -0.39 is 18.5 Å². The molecule has 0 fully saturated rings. The summed E-state index contributed by atoms with van der Waals surface area (Å²) in [6.45, 7) is 3.32. The van der Waals surface area contributed by atoms with Crippen LogP contribution in [0.3, 0.4) is 0 Å². The van der Waals surface area contributed by atoms with E-state index in [4.69, 9.17) is 37.4 Å². The summed E-state index contributed by atoms with van der Waals surface area (Å²) in [5, 5.41) is 12.4. The van der Waals surface area contributed by atoms with Crippen molar-refractivity contribution in [3.05, 3.63) is 70.2 Å². The predicted molar refractivity (Wildman–Crippen MR) is 117 cm³/mol. The second kappa shape index (κ2) is 11.6. The molecule has 0 atom stereocenters. The Bertz CT molecular complexity index is 1060. The fraction of sp³-hybridized carbons (Fsp3) is 0.136. The number of nitrogens with one attached hydrogen (secondary N) is 1. The topological polar surface area (TPSA) is 97.7 Å². The number of ether oxygens (including phenoxy) is 3. The molecule has 7 nitrogen and oxygen atoms in total. The number of halogens is 2. The molecule has 0 heterocycles. The molecule has 2 rings (SSSR count). The van der Waals surface area contributed by atoms with Crippen LogP contribution in [0.15, 0.2) is 54.6 Å². The Hall–Kier alpha value is -3.47. The number of rotatable bonds is 9. The molecule has 0 unspecified atom stereocenters. The predicted octanol–water partition coefficient (Wildman–Crippen LogP) is 4.20. The maximum Gasteiger partial charge on any atom is 0.349 e. The summed E-state index contributed by atoms with van der Waals surface area (Å²) in [6, 6.07) is 11.0. The third-order valence-corrected chi connectivity index (χ3v) is 4.28. The lowest BCUT2D eigenvalue weighted by Crippen LogP contribution is -2.24. The zero-order valence-corrected chi connectivity index (χ0v) is 18.0. The van der Waals surface area contributed by atoms with E-state index in [1.807, 2.05) is 6.07 Å². The number of carbonyl (C=O) groups is 2. The molecule has 31 heavy (non-hydrogen) atoms. The molecule has 0 bridgehead atoms. The van der Waals surface area contributed by atoms with E-state index in [0.717, 1.165) is 0 Å². The van der Waals surface area contributed by atoms with Gasteiger partial charge in [-0.25, -0.2) is 4.79 Å². The van der Waals surface area contributed by atoms with Crippen LogP contribution in [-0.2, 0) is 9.59 Å². The first-order chi connectivity index (χ1) is 14.9. The maximum absolute atomic E-state index is 12.2. The minimum Gasteiger partial charge on any atom is -0.493 e. The van der Waals surface area contributed by atoms with Crippen molar-refractivity contribution in [3.63, 3.8) is 0 Å². The van der Waals surface area contributed by atoms with E-state index >= 15 is 0 Å². The minimum atomic E-state index is -0.695. The van der Waals surface area contributed by atoms with Crippen molar-refractivity contribution in [2.75, 3.05) is 20.3 Å². The first kappa shape index (κ1) is 23.8. The van der Waals surface area contributed by atoms with Gasteiger partial charge in [0, 0.05) is 17.6 Å². The Morgan fingerprint density at radius 3 is 2.61 bits per heavy atom. The van der Waals surface area contributed by atoms with E-state index in [-0.39, 0.29) is 29.4 Å². The molecule has 0 aliphatic heterocycles. The molecule has 0 aliphatic carbocycles. The minimum absolute atomic E-state index is 0.0968. The van der Waals surface area contributed by atoms with Gasteiger partial charge in [0.2, 0.25) is 0 Å². The maximum atomic E-state index is 12.2. The van der Waals surface area contributed by atoms with Gasteiger partial charge in [-0.15, -0.1) is 6.58 Å². The first-order valence-corrected chi connectivity index (χ1v) is 9.61. The summed E-state index contributed by atoms with van der Waals surface area (Å²) in [6.07, 6.45) is 2.89. The molecular formula is C22H18Cl2N2O5. The average Bonchev–Trinajstić information content (AvgIpc) is 2.77. The van der Waals surface area contributed by atoms with Gasteiger partial charge in [-0.1, -0.05) is 35.3 Å². The van der Waals surface area contributed by atoms with Gasteiger partial charge in [0.25, 0.3) is 5.91 Å². The van der Waals surface area contributed by atoms with Gasteiger partial charge in [-0.2, -0.15) is 5.26 Å². The molecule has 0 saturated carbocycles. The quantitative estimate of drug-likeness (QED) is 0.198. The molecule has 0 spiro atoms. The number of methoxy groups -OCH3 is 1. The lowest BCUT2D eigenvalue weighted by atomic mass is 10.1. The third kappa shape index (κ3) is 7.07. The second-order valence-electron chi connectivity index (χ2n) is 5.92. The highest BCUT2D eigenvalue weighted by Crippen LogP contribution is 2.30. The number of esters is 1. The standard InChI is InChI=1S/C22H18Cl2N2O5/c1-3-8-26-22(28)15(12-25)9-14-4-7-18(20(10-14)29-2)31-21(27)13-30-19-11-16(23)5-6-17(19)24/h3-7,9-11H,1,8,13H2,2H3,(H,26,28)/b15-9+. The van der Waals surface area contributed by atoms with E-state index in [9.17, 15) is 14.9 Å². The van der Waals surface area contributed by atoms with E-state index in [1.165, 1.54) is 37.5 Å². The molecule has 160 valence electrons. The van der Waals surface area contributed by atoms with Crippen molar-refractivity contribution < 1.29 is 23.8 Å². The molecule has 0 aromatic heterocycles. The number of hydrogen-bond donors (Lipinski definition) is 1. The Balaban J connectivity index is 2.10. The van der Waals surface area contributed by atoms with Crippen LogP contribution in [0, 0.1) is 11.3 Å². The summed E-state index contributed by atoms with van der Waals surface area (Å²) in [5.41, 5.74) is 0.407. The molecule has 1 amide bonds. The van der Waals surface area contributed by atoms with E-state index in [1.54, 1.807) is 18.2 Å². The van der Waals surface area contributed by atoms with Crippen molar-refractivity contribution in [2.45, 2.75) is 0 Å². The van der Waals surface area contributed by atoms with E-state index in [2.05, 4.69) is 11.9 Å². The molecule has 9 heteroatoms. The van der Waals surface area contributed by atoms with Gasteiger partial charge < -0.3 is 19.5 Å². The lowest BCUT2D eigenvalue weighted by Gasteiger charge is -2.11. The summed E-state index contributed by atoms with van der Waals surface area (Å²) in [4.78, 5) is 24.1. The van der Waals surface area contributed by atoms with Crippen LogP contribution in [-0.4, -0.2) is 32.1 Å². The zero-order chi connectivity index (χ0) is 22.8. The fourth-order valence-corrected chi connectivity index (χ4v) is 2.64. The molecule has 1 N–H and O–H groups in total. The SMILES string of the molecule is C=CCNC(=O)/C(C#N)=C/c1ccc(OC(=O)COc2cc(Cl)ccc2Cl)c(OC)c1. The second-order valence-corrected chi connectivity index (χ2v) is 6.76. The molecule has 2 aromatic carbocycles. The molecular weight excluding hydrogens is 443 g/mol. The third-order valence-electron chi connectivity index (χ3n) is 3.73. The summed E-state index contributed by atoms with van der Waals surface area (Å²) in [5.74, 6) is -0.614. The van der Waals surface area contributed by atoms with Gasteiger partial charge in [-0.05, 0) is 35.9 Å². The summed E-state index contributed by atoms with van der Waals surface area (Å²) in [7, 11) is 1.39. The van der Waals surface area contributed by atoms with Crippen LogP contribution in [0.25, 0.3) is 6.08 Å². The highest BCUT2D eigenvalue weighted by atomic mass is 35.5. The molecule has 0 aliphatic rings. The zero-order valence-electron chi connectivity index (χ0n) is 16.5. The molecule has 2 aromatic rings. The van der Waals surface area contributed by atoms with Crippen molar-refractivity contribution >= 4 is 41.2 Å². The van der Waals surface area contributed by atoms with Crippen LogP contribution in [0.1, 0.15) is 5.56 Å². The number of benzene rings is 2. The number of hydrogen-bond acceptors (Lipinski definition) is 6. The monoisotopic (exact) mass is 460 g/mol. The van der Waals surface area contributed by atoms with Crippen molar-refractivity contribution in [1.29, 1.82) is 5.26 Å². The summed E-state index contributed by atoms with van der Waals surface area (Å²) < 4.78 is 15.9. The van der Waals surface area contributed by atoms with Gasteiger partial charge in [0.15, 0.2) is 18.1 Å². The van der Waals surface area contributed by atoms with Crippen LogP contribution >= 0.6 is 23.2 Å². The lowest BCUT2D eigenvalue weighted by molar-refractivity contribution is -0.136. The van der Waals surface area contributed by atoms with Crippen LogP contribution < -0.4 is 19.5 Å². The Morgan fingerprint density at radius 2 is 1.94 bits per heavy atom. The largest absolute Gasteiger partial charge is 0.493 e. The number of carbonyl (C=O) groups excluding carboxylic acids is 2. The number of nitriles is 1. The Kier molecular flexibility index (Phi) is 8.94. The first-order valence-electron chi connectivity index (χ1n) is 8.85. The fourth-order valence-electron chi connectivity index (χ4n) is 2.31. The summed E-state index contributed by atoms with van der Waals surface area (Å²) >= 11 is 11.9. The van der Waals surface area contributed by atoms with Crippen molar-refractivity contribution in [2.24, 2.45) is 0 Å². The molecule has 0 saturated heterocycles. The Labute approximate surface area is 189 Å². The molecule has 0 radical (unpaired) electrons. The van der Waals surface area contributed by atoms with Gasteiger partial charge in [0.05, 0.1) is 12.1 Å². The van der Waals surface area contributed by atoms with Crippen molar-refractivity contribution in [3.8, 4) is 23.3 Å². The highest BCUT2D eigenvalue weighted by Gasteiger charge is 2.14. The van der Waals surface area contributed by atoms with Gasteiger partial charge >= 0.3 is 5.97 Å². The van der Waals surface area contributed by atoms with Crippen LogP contribution in [0.5, 0.6) is 17.2 Å². The normalized spacial score (nSPS) is 10.6. The van der Waals surface area contributed by atoms with E-state index in [0.29, 0.717) is 15.6 Å². The van der Waals surface area contributed by atoms with Crippen molar-refractivity contribution in [1.82, 2.24) is 5.32 Å². The van der Waals surface area contributed by atoms with Gasteiger partial charge in [0.1, 0.15) is 17.4 Å². The number of amides is 1. The smallest absolute Gasteiger partial charge is 0.349 e.